The molecule has 7 heteroatoms. The molecule has 0 saturated heterocycles. The molecule has 84 valence electrons. The zero-order valence-electron chi connectivity index (χ0n) is 8.45. The Morgan fingerprint density at radius 2 is 2.38 bits per heavy atom. The maximum absolute atomic E-state index is 11.5. The standard InChI is InChI=1S/C9H9N3O4/c1-11-5-10-12(9(11)15)4-7-6(8(13)14)2-3-16-7/h2-3,5H,4H2,1H3,(H,13,14). The summed E-state index contributed by atoms with van der Waals surface area (Å²) >= 11 is 0. The van der Waals surface area contributed by atoms with Gasteiger partial charge in [0.15, 0.2) is 0 Å². The van der Waals surface area contributed by atoms with E-state index in [-0.39, 0.29) is 23.6 Å². The number of rotatable bonds is 3. The van der Waals surface area contributed by atoms with Crippen LogP contribution in [0.3, 0.4) is 0 Å². The fourth-order valence-corrected chi connectivity index (χ4v) is 1.32. The third-order valence-corrected chi connectivity index (χ3v) is 2.16. The molecule has 0 fully saturated rings. The number of hydrogen-bond donors (Lipinski definition) is 1. The first-order chi connectivity index (χ1) is 7.59. The van der Waals surface area contributed by atoms with Gasteiger partial charge in [0.2, 0.25) is 0 Å². The van der Waals surface area contributed by atoms with E-state index < -0.39 is 5.97 Å². The smallest absolute Gasteiger partial charge is 0.345 e. The summed E-state index contributed by atoms with van der Waals surface area (Å²) in [6.45, 7) is 0.00824. The quantitative estimate of drug-likeness (QED) is 0.786. The van der Waals surface area contributed by atoms with Crippen molar-refractivity contribution in [3.05, 3.63) is 40.5 Å². The minimum Gasteiger partial charge on any atom is -0.478 e. The monoisotopic (exact) mass is 223 g/mol. The fourth-order valence-electron chi connectivity index (χ4n) is 1.32. The number of carbonyl (C=O) groups is 1. The fraction of sp³-hybridized carbons (Fsp3) is 0.222. The van der Waals surface area contributed by atoms with Gasteiger partial charge in [0.1, 0.15) is 24.2 Å². The van der Waals surface area contributed by atoms with Crippen LogP contribution in [0.1, 0.15) is 16.1 Å². The van der Waals surface area contributed by atoms with Crippen LogP contribution < -0.4 is 5.69 Å². The topological polar surface area (TPSA) is 90.3 Å². The van der Waals surface area contributed by atoms with Gasteiger partial charge in [0.25, 0.3) is 0 Å². The van der Waals surface area contributed by atoms with Gasteiger partial charge in [-0.1, -0.05) is 0 Å². The number of carboxylic acid groups (broad SMARTS) is 1. The van der Waals surface area contributed by atoms with Crippen LogP contribution in [0.5, 0.6) is 0 Å². The Kier molecular flexibility index (Phi) is 2.35. The predicted molar refractivity (Wildman–Crippen MR) is 52.2 cm³/mol. The first kappa shape index (κ1) is 10.2. The number of aryl methyl sites for hydroxylation is 1. The van der Waals surface area contributed by atoms with Crippen LogP contribution in [0.4, 0.5) is 0 Å². The highest BCUT2D eigenvalue weighted by atomic mass is 16.4. The lowest BCUT2D eigenvalue weighted by atomic mass is 10.2. The first-order valence-electron chi connectivity index (χ1n) is 4.47. The number of aromatic nitrogens is 3. The normalized spacial score (nSPS) is 10.6. The summed E-state index contributed by atoms with van der Waals surface area (Å²) in [5.74, 6) is -0.888. The van der Waals surface area contributed by atoms with Crippen molar-refractivity contribution in [2.75, 3.05) is 0 Å². The Labute approximate surface area is 89.5 Å². The maximum Gasteiger partial charge on any atom is 0.345 e. The second-order valence-corrected chi connectivity index (χ2v) is 3.24. The van der Waals surface area contributed by atoms with E-state index in [1.54, 1.807) is 7.05 Å². The minimum atomic E-state index is -1.09. The number of nitrogens with zero attached hydrogens (tertiary/aromatic N) is 3. The van der Waals surface area contributed by atoms with Crippen molar-refractivity contribution in [1.29, 1.82) is 0 Å². The molecule has 0 spiro atoms. The number of hydrogen-bond acceptors (Lipinski definition) is 4. The molecule has 0 aliphatic heterocycles. The van der Waals surface area contributed by atoms with Crippen molar-refractivity contribution in [1.82, 2.24) is 14.3 Å². The molecule has 2 aromatic rings. The van der Waals surface area contributed by atoms with E-state index >= 15 is 0 Å². The predicted octanol–water partition coefficient (Wildman–Crippen LogP) is -0.0787. The third kappa shape index (κ3) is 1.62. The molecule has 2 rings (SSSR count). The molecule has 16 heavy (non-hydrogen) atoms. The molecule has 0 radical (unpaired) electrons. The molecule has 0 aromatic carbocycles. The van der Waals surface area contributed by atoms with Crippen molar-refractivity contribution in [2.45, 2.75) is 6.54 Å². The molecule has 0 bridgehead atoms. The number of aromatic carboxylic acids is 1. The average Bonchev–Trinajstić information content (AvgIpc) is 2.80. The zero-order valence-corrected chi connectivity index (χ0v) is 8.45. The number of furan rings is 1. The van der Waals surface area contributed by atoms with Crippen LogP contribution in [-0.2, 0) is 13.6 Å². The lowest BCUT2D eigenvalue weighted by Gasteiger charge is -1.97. The third-order valence-electron chi connectivity index (χ3n) is 2.16. The van der Waals surface area contributed by atoms with Crippen molar-refractivity contribution < 1.29 is 14.3 Å². The molecule has 0 aliphatic rings. The van der Waals surface area contributed by atoms with E-state index in [9.17, 15) is 9.59 Å². The van der Waals surface area contributed by atoms with Gasteiger partial charge < -0.3 is 9.52 Å². The van der Waals surface area contributed by atoms with Gasteiger partial charge in [-0.3, -0.25) is 4.57 Å². The molecule has 7 nitrogen and oxygen atoms in total. The van der Waals surface area contributed by atoms with Crippen molar-refractivity contribution in [2.24, 2.45) is 7.05 Å². The molecule has 1 N–H and O–H groups in total. The Bertz CT molecular complexity index is 578. The van der Waals surface area contributed by atoms with Gasteiger partial charge in [0, 0.05) is 7.05 Å². The number of carboxylic acids is 1. The Balaban J connectivity index is 2.34. The summed E-state index contributed by atoms with van der Waals surface area (Å²) in [6, 6.07) is 1.34. The van der Waals surface area contributed by atoms with Crippen LogP contribution in [0.25, 0.3) is 0 Å². The van der Waals surface area contributed by atoms with Gasteiger partial charge in [-0.2, -0.15) is 5.10 Å². The Morgan fingerprint density at radius 1 is 1.62 bits per heavy atom. The molecular formula is C9H9N3O4. The minimum absolute atomic E-state index is 0.00824. The molecule has 0 amide bonds. The van der Waals surface area contributed by atoms with E-state index in [4.69, 9.17) is 9.52 Å². The van der Waals surface area contributed by atoms with Crippen LogP contribution >= 0.6 is 0 Å². The largest absolute Gasteiger partial charge is 0.478 e. The summed E-state index contributed by atoms with van der Waals surface area (Å²) in [5.41, 5.74) is -0.287. The van der Waals surface area contributed by atoms with Crippen molar-refractivity contribution in [3.63, 3.8) is 0 Å². The first-order valence-corrected chi connectivity index (χ1v) is 4.47. The summed E-state index contributed by atoms with van der Waals surface area (Å²) in [6.07, 6.45) is 2.62. The summed E-state index contributed by atoms with van der Waals surface area (Å²) in [5, 5.41) is 12.6. The van der Waals surface area contributed by atoms with E-state index in [1.807, 2.05) is 0 Å². The molecular weight excluding hydrogens is 214 g/mol. The van der Waals surface area contributed by atoms with Crippen LogP contribution in [0.2, 0.25) is 0 Å². The van der Waals surface area contributed by atoms with Crippen LogP contribution in [-0.4, -0.2) is 25.4 Å². The lowest BCUT2D eigenvalue weighted by molar-refractivity contribution is 0.0694. The summed E-state index contributed by atoms with van der Waals surface area (Å²) in [7, 11) is 1.56. The lowest BCUT2D eigenvalue weighted by Crippen LogP contribution is -2.23. The van der Waals surface area contributed by atoms with Gasteiger partial charge in [-0.25, -0.2) is 14.3 Å². The second kappa shape index (κ2) is 3.69. The highest BCUT2D eigenvalue weighted by Gasteiger charge is 2.15. The van der Waals surface area contributed by atoms with E-state index in [2.05, 4.69) is 5.10 Å². The summed E-state index contributed by atoms with van der Waals surface area (Å²) < 4.78 is 7.43. The van der Waals surface area contributed by atoms with Crippen molar-refractivity contribution in [3.8, 4) is 0 Å². The molecule has 0 saturated carbocycles. The molecule has 0 atom stereocenters. The molecule has 2 heterocycles. The zero-order chi connectivity index (χ0) is 11.7. The van der Waals surface area contributed by atoms with Crippen LogP contribution in [0.15, 0.2) is 27.9 Å². The van der Waals surface area contributed by atoms with E-state index in [1.165, 1.54) is 23.2 Å². The van der Waals surface area contributed by atoms with Crippen molar-refractivity contribution >= 4 is 5.97 Å². The van der Waals surface area contributed by atoms with E-state index in [0.29, 0.717) is 0 Å². The summed E-state index contributed by atoms with van der Waals surface area (Å²) in [4.78, 5) is 22.2. The SMILES string of the molecule is Cn1cnn(Cc2occc2C(=O)O)c1=O. The maximum atomic E-state index is 11.5. The molecule has 0 aliphatic carbocycles. The molecule has 2 aromatic heterocycles. The Morgan fingerprint density at radius 3 is 2.94 bits per heavy atom. The van der Waals surface area contributed by atoms with Gasteiger partial charge in [-0.05, 0) is 6.07 Å². The van der Waals surface area contributed by atoms with Crippen LogP contribution in [0, 0.1) is 0 Å². The Hall–Kier alpha value is -2.31. The van der Waals surface area contributed by atoms with Gasteiger partial charge in [0.05, 0.1) is 6.26 Å². The van der Waals surface area contributed by atoms with Gasteiger partial charge >= 0.3 is 11.7 Å². The van der Waals surface area contributed by atoms with E-state index in [0.717, 1.165) is 4.68 Å². The highest BCUT2D eigenvalue weighted by Crippen LogP contribution is 2.10. The highest BCUT2D eigenvalue weighted by molar-refractivity contribution is 5.88. The van der Waals surface area contributed by atoms with Gasteiger partial charge in [-0.15, -0.1) is 0 Å². The second-order valence-electron chi connectivity index (χ2n) is 3.24. The molecule has 0 unspecified atom stereocenters. The average molecular weight is 223 g/mol.